The number of nitro benzene ring substituents is 1. The second kappa shape index (κ2) is 7.69. The summed E-state index contributed by atoms with van der Waals surface area (Å²) in [4.78, 5) is 21.6. The van der Waals surface area contributed by atoms with Gasteiger partial charge in [0.05, 0.1) is 18.2 Å². The van der Waals surface area contributed by atoms with E-state index in [1.165, 1.54) is 19.2 Å². The number of fused-ring (bicyclic) bond motifs is 1. The number of ether oxygens (including phenoxy) is 1. The molecule has 1 heterocycles. The van der Waals surface area contributed by atoms with E-state index in [4.69, 9.17) is 0 Å². The van der Waals surface area contributed by atoms with E-state index in [0.29, 0.717) is 6.54 Å². The van der Waals surface area contributed by atoms with Crippen LogP contribution in [0.1, 0.15) is 16.8 Å². The summed E-state index contributed by atoms with van der Waals surface area (Å²) in [5.41, 5.74) is 6.14. The van der Waals surface area contributed by atoms with Crippen molar-refractivity contribution in [3.8, 4) is 0 Å². The van der Waals surface area contributed by atoms with E-state index in [9.17, 15) is 14.9 Å². The molecule has 0 spiro atoms. The molecule has 2 aromatic carbocycles. The number of carbonyl (C=O) groups is 1. The Morgan fingerprint density at radius 3 is 2.63 bits per heavy atom. The van der Waals surface area contributed by atoms with Crippen LogP contribution in [0.5, 0.6) is 0 Å². The Kier molecular flexibility index (Phi) is 5.16. The van der Waals surface area contributed by atoms with Crippen LogP contribution in [-0.2, 0) is 11.3 Å². The third-order valence-electron chi connectivity index (χ3n) is 4.30. The number of nitro groups is 1. The molecule has 0 unspecified atom stereocenters. The monoisotopic (exact) mass is 366 g/mol. The molecule has 0 atom stereocenters. The largest absolute Gasteiger partial charge is 0.452 e. The first-order chi connectivity index (χ1) is 13.0. The maximum Gasteiger partial charge on any atom is 0.427 e. The van der Waals surface area contributed by atoms with Crippen molar-refractivity contribution in [2.75, 3.05) is 7.11 Å². The molecule has 0 fully saturated rings. The molecule has 3 aromatic rings. The Morgan fingerprint density at radius 2 is 1.96 bits per heavy atom. The molecule has 1 amide bonds. The highest BCUT2D eigenvalue weighted by molar-refractivity contribution is 6.01. The Bertz CT molecular complexity index is 1020. The number of carbonyl (C=O) groups excluding carboxylic acids is 1. The summed E-state index contributed by atoms with van der Waals surface area (Å²) in [6.07, 6.45) is 0.944. The van der Waals surface area contributed by atoms with Gasteiger partial charge in [0.15, 0.2) is 0 Å². The van der Waals surface area contributed by atoms with E-state index < -0.39 is 11.0 Å². The van der Waals surface area contributed by atoms with Crippen LogP contribution in [0.3, 0.4) is 0 Å². The lowest BCUT2D eigenvalue weighted by molar-refractivity contribution is -0.384. The third kappa shape index (κ3) is 3.79. The Labute approximate surface area is 155 Å². The van der Waals surface area contributed by atoms with E-state index in [1.54, 1.807) is 18.3 Å². The molecule has 0 radical (unpaired) electrons. The lowest BCUT2D eigenvalue weighted by Gasteiger charge is -2.08. The van der Waals surface area contributed by atoms with Crippen LogP contribution in [0.15, 0.2) is 53.6 Å². The zero-order valence-corrected chi connectivity index (χ0v) is 14.9. The fraction of sp³-hybridized carbons (Fsp3) is 0.158. The van der Waals surface area contributed by atoms with Crippen molar-refractivity contribution in [3.63, 3.8) is 0 Å². The number of methoxy groups -OCH3 is 1. The number of rotatable bonds is 5. The Balaban J connectivity index is 1.97. The van der Waals surface area contributed by atoms with Crippen LogP contribution in [-0.4, -0.2) is 28.9 Å². The van der Waals surface area contributed by atoms with E-state index in [1.807, 2.05) is 31.2 Å². The van der Waals surface area contributed by atoms with E-state index in [-0.39, 0.29) is 5.69 Å². The number of nitrogens with one attached hydrogen (secondary N) is 1. The van der Waals surface area contributed by atoms with Crippen LogP contribution in [0.25, 0.3) is 10.9 Å². The first kappa shape index (κ1) is 18.1. The van der Waals surface area contributed by atoms with Gasteiger partial charge in [-0.2, -0.15) is 5.10 Å². The average molecular weight is 366 g/mol. The normalized spacial score (nSPS) is 11.0. The highest BCUT2D eigenvalue weighted by Gasteiger charge is 2.13. The van der Waals surface area contributed by atoms with Gasteiger partial charge in [-0.05, 0) is 18.6 Å². The molecular formula is C19H18N4O4. The van der Waals surface area contributed by atoms with Crippen molar-refractivity contribution >= 4 is 28.9 Å². The second-order valence-corrected chi connectivity index (χ2v) is 5.89. The molecule has 0 saturated carbocycles. The SMILES string of the molecule is COC(=O)NN=Cc1c(C)n(Cc2ccc([N+](=O)[O-])cc2)c2ccccc12. The van der Waals surface area contributed by atoms with Crippen LogP contribution in [0.4, 0.5) is 10.5 Å². The fourth-order valence-electron chi connectivity index (χ4n) is 2.93. The summed E-state index contributed by atoms with van der Waals surface area (Å²) in [5, 5.41) is 15.7. The van der Waals surface area contributed by atoms with Crippen molar-refractivity contribution < 1.29 is 14.5 Å². The number of hydrogen-bond donors (Lipinski definition) is 1. The van der Waals surface area contributed by atoms with Gasteiger partial charge in [0, 0.05) is 40.8 Å². The zero-order chi connectivity index (χ0) is 19.4. The predicted molar refractivity (Wildman–Crippen MR) is 102 cm³/mol. The van der Waals surface area contributed by atoms with Gasteiger partial charge in [-0.3, -0.25) is 10.1 Å². The summed E-state index contributed by atoms with van der Waals surface area (Å²) in [5.74, 6) is 0. The smallest absolute Gasteiger partial charge is 0.427 e. The first-order valence-electron chi connectivity index (χ1n) is 8.19. The number of benzene rings is 2. The zero-order valence-electron chi connectivity index (χ0n) is 14.9. The summed E-state index contributed by atoms with van der Waals surface area (Å²) >= 11 is 0. The molecule has 0 bridgehead atoms. The molecular weight excluding hydrogens is 348 g/mol. The van der Waals surface area contributed by atoms with Gasteiger partial charge >= 0.3 is 6.09 Å². The van der Waals surface area contributed by atoms with Gasteiger partial charge in [0.2, 0.25) is 0 Å². The summed E-state index contributed by atoms with van der Waals surface area (Å²) < 4.78 is 6.61. The number of hydrazone groups is 1. The number of non-ortho nitro benzene ring substituents is 1. The van der Waals surface area contributed by atoms with Gasteiger partial charge in [-0.1, -0.05) is 30.3 Å². The highest BCUT2D eigenvalue weighted by Crippen LogP contribution is 2.26. The molecule has 27 heavy (non-hydrogen) atoms. The van der Waals surface area contributed by atoms with Crippen molar-refractivity contribution in [1.29, 1.82) is 0 Å². The van der Waals surface area contributed by atoms with Gasteiger partial charge in [-0.25, -0.2) is 10.2 Å². The number of nitrogens with zero attached hydrogens (tertiary/aromatic N) is 3. The average Bonchev–Trinajstić information content (AvgIpc) is 2.94. The number of para-hydroxylation sites is 1. The standard InChI is InChI=1S/C19H18N4O4/c1-13-17(11-20-21-19(24)27-2)16-5-3-4-6-18(16)22(13)12-14-7-9-15(10-8-14)23(25)26/h3-11H,12H2,1-2H3,(H,21,24). The molecule has 0 aliphatic carbocycles. The molecule has 3 rings (SSSR count). The van der Waals surface area contributed by atoms with Gasteiger partial charge in [0.25, 0.3) is 5.69 Å². The maximum absolute atomic E-state index is 11.2. The molecule has 0 saturated heterocycles. The number of aromatic nitrogens is 1. The van der Waals surface area contributed by atoms with Crippen LogP contribution in [0, 0.1) is 17.0 Å². The molecule has 1 aromatic heterocycles. The number of amides is 1. The summed E-state index contributed by atoms with van der Waals surface area (Å²) in [6, 6.07) is 14.4. The molecule has 8 heteroatoms. The predicted octanol–water partition coefficient (Wildman–Crippen LogP) is 3.60. The lowest BCUT2D eigenvalue weighted by Crippen LogP contribution is -2.16. The molecule has 0 aliphatic heterocycles. The molecule has 138 valence electrons. The van der Waals surface area contributed by atoms with E-state index in [0.717, 1.165) is 27.7 Å². The first-order valence-corrected chi connectivity index (χ1v) is 8.19. The molecule has 8 nitrogen and oxygen atoms in total. The van der Waals surface area contributed by atoms with Crippen LogP contribution >= 0.6 is 0 Å². The van der Waals surface area contributed by atoms with Gasteiger partial charge in [-0.15, -0.1) is 0 Å². The van der Waals surface area contributed by atoms with Crippen molar-refractivity contribution in [2.24, 2.45) is 5.10 Å². The highest BCUT2D eigenvalue weighted by atomic mass is 16.6. The molecule has 1 N–H and O–H groups in total. The van der Waals surface area contributed by atoms with Crippen molar-refractivity contribution in [2.45, 2.75) is 13.5 Å². The van der Waals surface area contributed by atoms with Crippen LogP contribution in [0.2, 0.25) is 0 Å². The quantitative estimate of drug-likeness (QED) is 0.424. The summed E-state index contributed by atoms with van der Waals surface area (Å²) in [7, 11) is 1.27. The minimum absolute atomic E-state index is 0.0644. The minimum Gasteiger partial charge on any atom is -0.452 e. The van der Waals surface area contributed by atoms with Gasteiger partial charge in [0.1, 0.15) is 0 Å². The Morgan fingerprint density at radius 1 is 1.26 bits per heavy atom. The van der Waals surface area contributed by atoms with Crippen LogP contribution < -0.4 is 5.43 Å². The topological polar surface area (TPSA) is 98.8 Å². The van der Waals surface area contributed by atoms with Crippen molar-refractivity contribution in [1.82, 2.24) is 9.99 Å². The Hall–Kier alpha value is -3.68. The fourth-order valence-corrected chi connectivity index (χ4v) is 2.93. The van der Waals surface area contributed by atoms with E-state index >= 15 is 0 Å². The van der Waals surface area contributed by atoms with Crippen molar-refractivity contribution in [3.05, 3.63) is 75.5 Å². The van der Waals surface area contributed by atoms with E-state index in [2.05, 4.69) is 19.8 Å². The summed E-state index contributed by atoms with van der Waals surface area (Å²) in [6.45, 7) is 2.52. The second-order valence-electron chi connectivity index (χ2n) is 5.89. The minimum atomic E-state index is -0.640. The number of hydrogen-bond acceptors (Lipinski definition) is 5. The third-order valence-corrected chi connectivity index (χ3v) is 4.30. The van der Waals surface area contributed by atoms with Gasteiger partial charge < -0.3 is 9.30 Å². The maximum atomic E-state index is 11.2. The lowest BCUT2D eigenvalue weighted by atomic mass is 10.1. The molecule has 0 aliphatic rings.